The van der Waals surface area contributed by atoms with Crippen LogP contribution in [0.1, 0.15) is 31.9 Å². The molecule has 0 amide bonds. The summed E-state index contributed by atoms with van der Waals surface area (Å²) in [6.07, 6.45) is 4.53. The van der Waals surface area contributed by atoms with Crippen LogP contribution < -0.4 is 0 Å². The van der Waals surface area contributed by atoms with Crippen molar-refractivity contribution in [2.45, 2.75) is 32.7 Å². The van der Waals surface area contributed by atoms with Gasteiger partial charge in [-0.15, -0.1) is 0 Å². The van der Waals surface area contributed by atoms with Crippen LogP contribution >= 0.6 is 15.9 Å². The second kappa shape index (κ2) is 8.72. The average Bonchev–Trinajstić information content (AvgIpc) is 2.99. The lowest BCUT2D eigenvalue weighted by atomic mass is 10.2. The maximum atomic E-state index is 8.77. The van der Waals surface area contributed by atoms with Crippen molar-refractivity contribution in [1.29, 1.82) is 5.26 Å². The van der Waals surface area contributed by atoms with Crippen molar-refractivity contribution in [3.8, 4) is 17.5 Å². The van der Waals surface area contributed by atoms with Crippen LogP contribution in [0.4, 0.5) is 0 Å². The predicted molar refractivity (Wildman–Crippen MR) is 90.1 cm³/mol. The highest BCUT2D eigenvalue weighted by Gasteiger charge is 2.11. The molecule has 2 aromatic rings. The molecule has 0 fully saturated rings. The monoisotopic (exact) mass is 361 g/mol. The van der Waals surface area contributed by atoms with Crippen molar-refractivity contribution in [1.82, 2.24) is 9.88 Å². The normalized spacial score (nSPS) is 10.8. The summed E-state index contributed by atoms with van der Waals surface area (Å²) in [6, 6.07) is 10.1. The Kier molecular flexibility index (Phi) is 6.63. The zero-order valence-corrected chi connectivity index (χ0v) is 14.3. The van der Waals surface area contributed by atoms with Crippen molar-refractivity contribution in [3.05, 3.63) is 40.7 Å². The smallest absolute Gasteiger partial charge is 0.226 e. The molecule has 0 N–H and O–H groups in total. The van der Waals surface area contributed by atoms with Crippen LogP contribution in [0.2, 0.25) is 0 Å². The quantitative estimate of drug-likeness (QED) is 0.688. The Hall–Kier alpha value is -1.64. The number of unbranched alkanes of at least 4 members (excludes halogenated alkanes) is 1. The molecular formula is C17H20BrN3O. The number of aromatic nitrogens is 1. The number of oxazole rings is 1. The Labute approximate surface area is 139 Å². The molecule has 1 heterocycles. The van der Waals surface area contributed by atoms with Crippen molar-refractivity contribution in [3.63, 3.8) is 0 Å². The second-order valence-corrected chi connectivity index (χ2v) is 6.10. The van der Waals surface area contributed by atoms with Gasteiger partial charge in [0, 0.05) is 29.5 Å². The second-order valence-electron chi connectivity index (χ2n) is 5.19. The maximum absolute atomic E-state index is 8.77. The van der Waals surface area contributed by atoms with Crippen LogP contribution in [-0.2, 0) is 6.54 Å². The van der Waals surface area contributed by atoms with Crippen LogP contribution in [0.15, 0.2) is 39.4 Å². The molecule has 0 atom stereocenters. The van der Waals surface area contributed by atoms with E-state index in [0.717, 1.165) is 48.2 Å². The highest BCUT2D eigenvalue weighted by molar-refractivity contribution is 9.10. The molecule has 0 saturated heterocycles. The number of nitriles is 1. The Balaban J connectivity index is 2.02. The molecule has 2 rings (SSSR count). The van der Waals surface area contributed by atoms with Gasteiger partial charge in [0.25, 0.3) is 0 Å². The third kappa shape index (κ3) is 4.97. The first kappa shape index (κ1) is 16.7. The molecule has 0 aliphatic heterocycles. The maximum Gasteiger partial charge on any atom is 0.226 e. The van der Waals surface area contributed by atoms with E-state index in [9.17, 15) is 0 Å². The number of hydrogen-bond acceptors (Lipinski definition) is 4. The molecular weight excluding hydrogens is 342 g/mol. The lowest BCUT2D eigenvalue weighted by Gasteiger charge is -2.19. The van der Waals surface area contributed by atoms with Crippen molar-refractivity contribution < 1.29 is 4.42 Å². The third-order valence-corrected chi connectivity index (χ3v) is 3.92. The van der Waals surface area contributed by atoms with Crippen LogP contribution in [-0.4, -0.2) is 23.0 Å². The summed E-state index contributed by atoms with van der Waals surface area (Å²) in [7, 11) is 0. The number of nitrogens with zero attached hydrogens (tertiary/aromatic N) is 3. The van der Waals surface area contributed by atoms with Gasteiger partial charge in [-0.3, -0.25) is 4.90 Å². The molecule has 1 aromatic carbocycles. The molecule has 1 aromatic heterocycles. The van der Waals surface area contributed by atoms with Gasteiger partial charge in [0.2, 0.25) is 5.89 Å². The Morgan fingerprint density at radius 3 is 2.73 bits per heavy atom. The third-order valence-electron chi connectivity index (χ3n) is 3.40. The van der Waals surface area contributed by atoms with Crippen LogP contribution in [0.25, 0.3) is 11.5 Å². The zero-order chi connectivity index (χ0) is 15.8. The Bertz CT molecular complexity index is 616. The minimum atomic E-state index is 0.543. The molecule has 0 aliphatic carbocycles. The molecule has 0 unspecified atom stereocenters. The van der Waals surface area contributed by atoms with Gasteiger partial charge in [-0.05, 0) is 37.2 Å². The summed E-state index contributed by atoms with van der Waals surface area (Å²) >= 11 is 3.42. The van der Waals surface area contributed by atoms with E-state index in [1.54, 1.807) is 6.26 Å². The van der Waals surface area contributed by atoms with Crippen LogP contribution in [0.5, 0.6) is 0 Å². The summed E-state index contributed by atoms with van der Waals surface area (Å²) in [5, 5.41) is 8.77. The van der Waals surface area contributed by atoms with Gasteiger partial charge in [-0.1, -0.05) is 29.3 Å². The average molecular weight is 362 g/mol. The predicted octanol–water partition coefficient (Wildman–Crippen LogP) is 4.62. The van der Waals surface area contributed by atoms with Crippen LogP contribution in [0.3, 0.4) is 0 Å². The number of benzene rings is 1. The molecule has 0 saturated carbocycles. The van der Waals surface area contributed by atoms with Crippen molar-refractivity contribution in [2.75, 3.05) is 13.1 Å². The highest BCUT2D eigenvalue weighted by Crippen LogP contribution is 2.21. The van der Waals surface area contributed by atoms with Gasteiger partial charge < -0.3 is 4.42 Å². The molecule has 5 heteroatoms. The van der Waals surface area contributed by atoms with E-state index in [-0.39, 0.29) is 0 Å². The van der Waals surface area contributed by atoms with Crippen molar-refractivity contribution >= 4 is 15.9 Å². The molecule has 0 radical (unpaired) electrons. The Morgan fingerprint density at radius 2 is 2.05 bits per heavy atom. The van der Waals surface area contributed by atoms with E-state index in [1.807, 2.05) is 24.3 Å². The van der Waals surface area contributed by atoms with Gasteiger partial charge in [0.05, 0.1) is 11.8 Å². The number of rotatable bonds is 8. The van der Waals surface area contributed by atoms with E-state index in [4.69, 9.17) is 9.68 Å². The standard InChI is InChI=1S/C17H20BrN3O/c1-2-3-10-21(11-4-9-19)12-16-13-22-17(20-16)14-5-7-15(18)8-6-14/h5-8,13H,2-4,10-12H2,1H3. The first-order chi connectivity index (χ1) is 10.7. The summed E-state index contributed by atoms with van der Waals surface area (Å²) in [5.41, 5.74) is 1.87. The van der Waals surface area contributed by atoms with Crippen LogP contribution in [0, 0.1) is 11.3 Å². The minimum Gasteiger partial charge on any atom is -0.444 e. The molecule has 0 aliphatic rings. The largest absolute Gasteiger partial charge is 0.444 e. The molecule has 22 heavy (non-hydrogen) atoms. The Morgan fingerprint density at radius 1 is 1.27 bits per heavy atom. The van der Waals surface area contributed by atoms with Gasteiger partial charge in [0.15, 0.2) is 0 Å². The summed E-state index contributed by atoms with van der Waals surface area (Å²) in [6.45, 7) is 4.65. The molecule has 4 nitrogen and oxygen atoms in total. The van der Waals surface area contributed by atoms with Crippen molar-refractivity contribution in [2.24, 2.45) is 0 Å². The van der Waals surface area contributed by atoms with E-state index in [1.165, 1.54) is 0 Å². The molecule has 116 valence electrons. The van der Waals surface area contributed by atoms with Gasteiger partial charge >= 0.3 is 0 Å². The SMILES string of the molecule is CCCCN(CCC#N)Cc1coc(-c2ccc(Br)cc2)n1. The van der Waals surface area contributed by atoms with Gasteiger partial charge in [-0.25, -0.2) is 4.98 Å². The first-order valence-corrected chi connectivity index (χ1v) is 8.32. The molecule has 0 spiro atoms. The lowest BCUT2D eigenvalue weighted by Crippen LogP contribution is -2.25. The first-order valence-electron chi connectivity index (χ1n) is 7.52. The number of hydrogen-bond donors (Lipinski definition) is 0. The highest BCUT2D eigenvalue weighted by atomic mass is 79.9. The van der Waals surface area contributed by atoms with E-state index in [2.05, 4.69) is 38.8 Å². The van der Waals surface area contributed by atoms with Gasteiger partial charge in [-0.2, -0.15) is 5.26 Å². The topological polar surface area (TPSA) is 53.1 Å². The number of halogens is 1. The van der Waals surface area contributed by atoms with E-state index in [0.29, 0.717) is 12.3 Å². The molecule has 0 bridgehead atoms. The summed E-state index contributed by atoms with van der Waals surface area (Å²) in [4.78, 5) is 6.82. The zero-order valence-electron chi connectivity index (χ0n) is 12.8. The lowest BCUT2D eigenvalue weighted by molar-refractivity contribution is 0.264. The summed E-state index contributed by atoms with van der Waals surface area (Å²) < 4.78 is 6.61. The summed E-state index contributed by atoms with van der Waals surface area (Å²) in [5.74, 6) is 0.637. The van der Waals surface area contributed by atoms with E-state index >= 15 is 0 Å². The fourth-order valence-electron chi connectivity index (χ4n) is 2.19. The van der Waals surface area contributed by atoms with Gasteiger partial charge in [0.1, 0.15) is 6.26 Å². The fraction of sp³-hybridized carbons (Fsp3) is 0.412. The fourth-order valence-corrected chi connectivity index (χ4v) is 2.46. The minimum absolute atomic E-state index is 0.543. The van der Waals surface area contributed by atoms with E-state index < -0.39 is 0 Å².